The Balaban J connectivity index is 1.22. The number of nitrogens with zero attached hydrogens (tertiary/aromatic N) is 3. The van der Waals surface area contributed by atoms with Crippen LogP contribution < -0.4 is 4.90 Å². The fraction of sp³-hybridized carbons (Fsp3) is 0.0566. The van der Waals surface area contributed by atoms with Crippen molar-refractivity contribution in [2.24, 2.45) is 0 Å². The van der Waals surface area contributed by atoms with E-state index < -0.39 is 0 Å². The smallest absolute Gasteiger partial charge is 0.0789 e. The number of benzene rings is 8. The highest BCUT2D eigenvalue weighted by Crippen LogP contribution is 2.52. The van der Waals surface area contributed by atoms with Crippen molar-refractivity contribution >= 4 is 49.8 Å². The predicted molar refractivity (Wildman–Crippen MR) is 235 cm³/mol. The average Bonchev–Trinajstić information content (AvgIpc) is 3.79. The van der Waals surface area contributed by atoms with Gasteiger partial charge in [-0.3, -0.25) is 0 Å². The van der Waals surface area contributed by atoms with Gasteiger partial charge >= 0.3 is 0 Å². The van der Waals surface area contributed by atoms with Crippen LogP contribution in [-0.4, -0.2) is 9.13 Å². The molecule has 0 bridgehead atoms. The van der Waals surface area contributed by atoms with Crippen LogP contribution in [0.5, 0.6) is 0 Å². The van der Waals surface area contributed by atoms with Crippen molar-refractivity contribution < 1.29 is 0 Å². The zero-order valence-electron chi connectivity index (χ0n) is 31.4. The highest BCUT2D eigenvalue weighted by atomic mass is 15.2. The van der Waals surface area contributed by atoms with Crippen molar-refractivity contribution in [1.82, 2.24) is 9.13 Å². The molecule has 56 heavy (non-hydrogen) atoms. The van der Waals surface area contributed by atoms with Crippen LogP contribution in [0.4, 0.5) is 17.1 Å². The van der Waals surface area contributed by atoms with Crippen molar-refractivity contribution in [3.05, 3.63) is 211 Å². The van der Waals surface area contributed by atoms with Crippen LogP contribution in [0.2, 0.25) is 0 Å². The summed E-state index contributed by atoms with van der Waals surface area (Å²) in [5, 5.41) is 3.68. The molecule has 0 amide bonds. The first-order chi connectivity index (χ1) is 27.6. The molecule has 0 saturated carbocycles. The molecule has 0 spiro atoms. The zero-order valence-corrected chi connectivity index (χ0v) is 31.4. The number of rotatable bonds is 5. The third-order valence-electron chi connectivity index (χ3n) is 11.9. The second-order valence-electron chi connectivity index (χ2n) is 15.3. The first-order valence-electron chi connectivity index (χ1n) is 19.5. The van der Waals surface area contributed by atoms with Gasteiger partial charge in [0.1, 0.15) is 0 Å². The molecule has 0 unspecified atom stereocenters. The highest BCUT2D eigenvalue weighted by molar-refractivity contribution is 6.22. The third-order valence-corrected chi connectivity index (χ3v) is 11.9. The van der Waals surface area contributed by atoms with Crippen LogP contribution in [0.3, 0.4) is 0 Å². The summed E-state index contributed by atoms with van der Waals surface area (Å²) in [7, 11) is 0. The number of hydrogen-bond acceptors (Lipinski definition) is 1. The van der Waals surface area contributed by atoms with Gasteiger partial charge < -0.3 is 14.0 Å². The maximum absolute atomic E-state index is 2.50. The normalized spacial score (nSPS) is 13.3. The van der Waals surface area contributed by atoms with E-state index in [-0.39, 0.29) is 5.41 Å². The minimum Gasteiger partial charge on any atom is -0.310 e. The van der Waals surface area contributed by atoms with E-state index in [2.05, 4.69) is 228 Å². The number of aromatic nitrogens is 2. The minimum atomic E-state index is -0.108. The van der Waals surface area contributed by atoms with Crippen molar-refractivity contribution in [2.45, 2.75) is 19.3 Å². The third kappa shape index (κ3) is 4.71. The Morgan fingerprint density at radius 2 is 0.839 bits per heavy atom. The van der Waals surface area contributed by atoms with Crippen LogP contribution >= 0.6 is 0 Å². The number of hydrogen-bond donors (Lipinski definition) is 0. The molecular weight excluding hydrogens is 679 g/mol. The molecule has 11 rings (SSSR count). The van der Waals surface area contributed by atoms with E-state index in [4.69, 9.17) is 0 Å². The lowest BCUT2D eigenvalue weighted by Gasteiger charge is -2.42. The van der Waals surface area contributed by atoms with E-state index in [0.29, 0.717) is 0 Å². The van der Waals surface area contributed by atoms with Crippen LogP contribution in [0.15, 0.2) is 200 Å². The second kappa shape index (κ2) is 12.5. The lowest BCUT2D eigenvalue weighted by Crippen LogP contribution is -2.30. The first-order valence-corrected chi connectivity index (χ1v) is 19.5. The molecule has 3 heterocycles. The second-order valence-corrected chi connectivity index (χ2v) is 15.3. The Kier molecular flexibility index (Phi) is 7.20. The van der Waals surface area contributed by atoms with Crippen LogP contribution in [0, 0.1) is 0 Å². The van der Waals surface area contributed by atoms with Gasteiger partial charge in [-0.2, -0.15) is 0 Å². The topological polar surface area (TPSA) is 13.1 Å². The van der Waals surface area contributed by atoms with Crippen LogP contribution in [0.25, 0.3) is 66.5 Å². The van der Waals surface area contributed by atoms with Crippen LogP contribution in [0.1, 0.15) is 25.0 Å². The maximum Gasteiger partial charge on any atom is 0.0789 e. The van der Waals surface area contributed by atoms with E-state index >= 15 is 0 Å². The molecule has 1 aliphatic heterocycles. The summed E-state index contributed by atoms with van der Waals surface area (Å²) in [4.78, 5) is 2.43. The molecular formula is C53H39N3. The Bertz CT molecular complexity index is 3030. The lowest BCUT2D eigenvalue weighted by atomic mass is 9.73. The molecule has 0 saturated heterocycles. The SMILES string of the molecule is CC1(C)c2ccccc2N(c2ccc(-n3c4ccccc4c4ccc5c(-c6ccccc6)c(-c6ccccc6)n(-c6ccccc6)c5c43)cc2)c2ccccc21. The molecule has 0 N–H and O–H groups in total. The number of para-hydroxylation sites is 4. The first kappa shape index (κ1) is 32.3. The quantitative estimate of drug-likeness (QED) is 0.173. The van der Waals surface area contributed by atoms with Gasteiger partial charge in [0.2, 0.25) is 0 Å². The molecule has 3 nitrogen and oxygen atoms in total. The molecule has 8 aromatic carbocycles. The lowest BCUT2D eigenvalue weighted by molar-refractivity contribution is 0.632. The summed E-state index contributed by atoms with van der Waals surface area (Å²) < 4.78 is 4.99. The van der Waals surface area contributed by atoms with Crippen molar-refractivity contribution in [2.75, 3.05) is 4.90 Å². The van der Waals surface area contributed by atoms with Gasteiger partial charge in [0, 0.05) is 44.2 Å². The molecule has 0 atom stereocenters. The molecule has 2 aromatic heterocycles. The van der Waals surface area contributed by atoms with E-state index in [1.807, 2.05) is 0 Å². The van der Waals surface area contributed by atoms with Gasteiger partial charge in [-0.15, -0.1) is 0 Å². The fourth-order valence-electron chi connectivity index (χ4n) is 9.39. The summed E-state index contributed by atoms with van der Waals surface area (Å²) in [5.74, 6) is 0. The molecule has 10 aromatic rings. The van der Waals surface area contributed by atoms with Gasteiger partial charge in [0.05, 0.1) is 33.6 Å². The summed E-state index contributed by atoms with van der Waals surface area (Å²) in [6, 6.07) is 73.1. The van der Waals surface area contributed by atoms with Crippen molar-refractivity contribution in [3.63, 3.8) is 0 Å². The largest absolute Gasteiger partial charge is 0.310 e. The Morgan fingerprint density at radius 3 is 1.50 bits per heavy atom. The molecule has 1 aliphatic rings. The molecule has 0 radical (unpaired) electrons. The standard InChI is InChI=1S/C53H39N3/c1-53(2)44-25-13-16-28-47(44)54(48-29-17-14-26-45(48)53)39-30-32-40(33-31-39)55-46-27-15-12-24-41(46)42-34-35-43-49(36-18-6-3-7-19-36)50(37-20-8-4-9-21-37)56(52(43)51(42)55)38-22-10-5-11-23-38/h3-35H,1-2H3. The van der Waals surface area contributed by atoms with Gasteiger partial charge in [-0.05, 0) is 76.9 Å². The Morgan fingerprint density at radius 1 is 0.357 bits per heavy atom. The number of anilines is 3. The zero-order chi connectivity index (χ0) is 37.4. The molecule has 0 fully saturated rings. The van der Waals surface area contributed by atoms with E-state index in [1.54, 1.807) is 0 Å². The van der Waals surface area contributed by atoms with Crippen molar-refractivity contribution in [1.29, 1.82) is 0 Å². The van der Waals surface area contributed by atoms with Gasteiger partial charge in [0.25, 0.3) is 0 Å². The van der Waals surface area contributed by atoms with E-state index in [9.17, 15) is 0 Å². The molecule has 266 valence electrons. The number of fused-ring (bicyclic) bond motifs is 7. The Labute approximate surface area is 327 Å². The van der Waals surface area contributed by atoms with Crippen LogP contribution in [-0.2, 0) is 5.41 Å². The van der Waals surface area contributed by atoms with E-state index in [0.717, 1.165) is 17.1 Å². The average molecular weight is 718 g/mol. The summed E-state index contributed by atoms with van der Waals surface area (Å²) in [5.41, 5.74) is 16.7. The monoisotopic (exact) mass is 717 g/mol. The van der Waals surface area contributed by atoms with Gasteiger partial charge in [-0.1, -0.05) is 159 Å². The summed E-state index contributed by atoms with van der Waals surface area (Å²) >= 11 is 0. The molecule has 0 aliphatic carbocycles. The minimum absolute atomic E-state index is 0.108. The Hall–Kier alpha value is -7.10. The fourth-order valence-corrected chi connectivity index (χ4v) is 9.39. The predicted octanol–water partition coefficient (Wildman–Crippen LogP) is 14.2. The maximum atomic E-state index is 2.50. The summed E-state index contributed by atoms with van der Waals surface area (Å²) in [6.45, 7) is 4.68. The summed E-state index contributed by atoms with van der Waals surface area (Å²) in [6.07, 6.45) is 0. The molecule has 3 heteroatoms. The highest BCUT2D eigenvalue weighted by Gasteiger charge is 2.36. The van der Waals surface area contributed by atoms with Gasteiger partial charge in [0.15, 0.2) is 0 Å². The van der Waals surface area contributed by atoms with E-state index in [1.165, 1.54) is 77.6 Å². The van der Waals surface area contributed by atoms with Gasteiger partial charge in [-0.25, -0.2) is 0 Å². The van der Waals surface area contributed by atoms with Crippen molar-refractivity contribution in [3.8, 4) is 33.8 Å².